The molecular formula is C13H13BrN4O. The molecule has 6 heteroatoms. The highest BCUT2D eigenvalue weighted by atomic mass is 79.9. The van der Waals surface area contributed by atoms with Crippen LogP contribution in [-0.2, 0) is 13.0 Å². The number of fused-ring (bicyclic) bond motifs is 1. The molecule has 0 fully saturated rings. The van der Waals surface area contributed by atoms with Crippen molar-refractivity contribution in [3.63, 3.8) is 0 Å². The maximum atomic E-state index is 5.77. The minimum absolute atomic E-state index is 0.396. The number of hydrogen-bond donors (Lipinski definition) is 2. The Labute approximate surface area is 119 Å². The summed E-state index contributed by atoms with van der Waals surface area (Å²) < 4.78 is 6.14. The van der Waals surface area contributed by atoms with E-state index in [2.05, 4.69) is 37.3 Å². The lowest BCUT2D eigenvalue weighted by atomic mass is 10.1. The standard InChI is InChI=1S/C13H13BrN4O/c14-11-7-16-12(15)13(18-11)17-6-8-1-2-10-9(5-8)3-4-19-10/h1-2,5,7H,3-4,6H2,(H2,15,16)(H,17,18). The van der Waals surface area contributed by atoms with E-state index in [1.807, 2.05) is 12.1 Å². The first-order chi connectivity index (χ1) is 9.22. The van der Waals surface area contributed by atoms with Gasteiger partial charge in [-0.3, -0.25) is 0 Å². The van der Waals surface area contributed by atoms with Gasteiger partial charge >= 0.3 is 0 Å². The summed E-state index contributed by atoms with van der Waals surface area (Å²) in [6.45, 7) is 1.43. The molecule has 1 aliphatic heterocycles. The van der Waals surface area contributed by atoms with Gasteiger partial charge in [-0.05, 0) is 33.1 Å². The van der Waals surface area contributed by atoms with E-state index in [-0.39, 0.29) is 0 Å². The number of halogens is 1. The molecule has 0 aliphatic carbocycles. The third-order valence-corrected chi connectivity index (χ3v) is 3.37. The summed E-state index contributed by atoms with van der Waals surface area (Å²) in [5.74, 6) is 1.98. The van der Waals surface area contributed by atoms with E-state index in [0.29, 0.717) is 22.8 Å². The summed E-state index contributed by atoms with van der Waals surface area (Å²) in [5, 5.41) is 3.19. The number of ether oxygens (including phenoxy) is 1. The Morgan fingerprint density at radius 2 is 2.32 bits per heavy atom. The summed E-state index contributed by atoms with van der Waals surface area (Å²) in [6, 6.07) is 6.20. The number of aromatic nitrogens is 2. The Morgan fingerprint density at radius 3 is 3.21 bits per heavy atom. The molecule has 0 amide bonds. The van der Waals surface area contributed by atoms with Crippen molar-refractivity contribution in [3.05, 3.63) is 40.1 Å². The minimum Gasteiger partial charge on any atom is -0.493 e. The third-order valence-electron chi connectivity index (χ3n) is 2.99. The molecule has 3 N–H and O–H groups in total. The number of nitrogen functional groups attached to an aromatic ring is 1. The quantitative estimate of drug-likeness (QED) is 0.908. The first-order valence-corrected chi connectivity index (χ1v) is 6.78. The molecule has 1 aliphatic rings. The van der Waals surface area contributed by atoms with Gasteiger partial charge in [-0.2, -0.15) is 0 Å². The van der Waals surface area contributed by atoms with Gasteiger partial charge in [-0.25, -0.2) is 9.97 Å². The third kappa shape index (κ3) is 2.63. The van der Waals surface area contributed by atoms with Crippen LogP contribution in [-0.4, -0.2) is 16.6 Å². The van der Waals surface area contributed by atoms with Gasteiger partial charge in [-0.15, -0.1) is 0 Å². The highest BCUT2D eigenvalue weighted by Gasteiger charge is 2.12. The normalized spacial score (nSPS) is 12.9. The highest BCUT2D eigenvalue weighted by molar-refractivity contribution is 9.10. The first kappa shape index (κ1) is 12.2. The summed E-state index contributed by atoms with van der Waals surface area (Å²) in [5.41, 5.74) is 8.20. The molecule has 0 saturated heterocycles. The average molecular weight is 321 g/mol. The second kappa shape index (κ2) is 5.05. The molecule has 1 aromatic carbocycles. The van der Waals surface area contributed by atoms with Gasteiger partial charge in [0.25, 0.3) is 0 Å². The van der Waals surface area contributed by atoms with Crippen molar-refractivity contribution < 1.29 is 4.74 Å². The van der Waals surface area contributed by atoms with Crippen molar-refractivity contribution in [2.45, 2.75) is 13.0 Å². The number of nitrogens with zero attached hydrogens (tertiary/aromatic N) is 2. The fourth-order valence-electron chi connectivity index (χ4n) is 2.04. The van der Waals surface area contributed by atoms with E-state index in [4.69, 9.17) is 10.5 Å². The SMILES string of the molecule is Nc1ncc(Br)nc1NCc1ccc2c(c1)CCO2. The number of benzene rings is 1. The van der Waals surface area contributed by atoms with Crippen LogP contribution >= 0.6 is 15.9 Å². The lowest BCUT2D eigenvalue weighted by Crippen LogP contribution is -2.06. The summed E-state index contributed by atoms with van der Waals surface area (Å²) in [4.78, 5) is 8.29. The molecule has 0 atom stereocenters. The Bertz CT molecular complexity index is 618. The van der Waals surface area contributed by atoms with Crippen LogP contribution in [0, 0.1) is 0 Å². The smallest absolute Gasteiger partial charge is 0.170 e. The van der Waals surface area contributed by atoms with Gasteiger partial charge in [0.05, 0.1) is 12.8 Å². The van der Waals surface area contributed by atoms with Crippen LogP contribution in [0.2, 0.25) is 0 Å². The van der Waals surface area contributed by atoms with Crippen LogP contribution in [0.4, 0.5) is 11.6 Å². The summed E-state index contributed by atoms with van der Waals surface area (Å²) in [7, 11) is 0. The molecule has 0 unspecified atom stereocenters. The van der Waals surface area contributed by atoms with Gasteiger partial charge < -0.3 is 15.8 Å². The lowest BCUT2D eigenvalue weighted by Gasteiger charge is -2.09. The predicted molar refractivity (Wildman–Crippen MR) is 77.1 cm³/mol. The molecule has 0 radical (unpaired) electrons. The van der Waals surface area contributed by atoms with Gasteiger partial charge in [0.1, 0.15) is 10.4 Å². The number of rotatable bonds is 3. The van der Waals surface area contributed by atoms with Crippen molar-refractivity contribution >= 4 is 27.6 Å². The van der Waals surface area contributed by atoms with Crippen LogP contribution in [0.15, 0.2) is 29.0 Å². The second-order valence-electron chi connectivity index (χ2n) is 4.32. The molecule has 0 spiro atoms. The van der Waals surface area contributed by atoms with Gasteiger partial charge in [0.2, 0.25) is 0 Å². The highest BCUT2D eigenvalue weighted by Crippen LogP contribution is 2.26. The fraction of sp³-hybridized carbons (Fsp3) is 0.231. The zero-order valence-corrected chi connectivity index (χ0v) is 11.8. The van der Waals surface area contributed by atoms with Crippen molar-refractivity contribution in [3.8, 4) is 5.75 Å². The Morgan fingerprint density at radius 1 is 1.42 bits per heavy atom. The molecule has 19 heavy (non-hydrogen) atoms. The first-order valence-electron chi connectivity index (χ1n) is 5.99. The number of nitrogens with two attached hydrogens (primary N) is 1. The molecule has 98 valence electrons. The largest absolute Gasteiger partial charge is 0.493 e. The number of hydrogen-bond acceptors (Lipinski definition) is 5. The van der Waals surface area contributed by atoms with E-state index in [9.17, 15) is 0 Å². The van der Waals surface area contributed by atoms with Gasteiger partial charge in [0.15, 0.2) is 11.6 Å². The van der Waals surface area contributed by atoms with Crippen LogP contribution in [0.25, 0.3) is 0 Å². The molecular weight excluding hydrogens is 308 g/mol. The molecule has 2 heterocycles. The van der Waals surface area contributed by atoms with Crippen LogP contribution < -0.4 is 15.8 Å². The predicted octanol–water partition coefficient (Wildman–Crippen LogP) is 2.37. The van der Waals surface area contributed by atoms with Crippen LogP contribution in [0.5, 0.6) is 5.75 Å². The Kier molecular flexibility index (Phi) is 3.25. The van der Waals surface area contributed by atoms with E-state index >= 15 is 0 Å². The van der Waals surface area contributed by atoms with E-state index in [1.54, 1.807) is 6.20 Å². The zero-order chi connectivity index (χ0) is 13.2. The fourth-order valence-corrected chi connectivity index (χ4v) is 2.32. The van der Waals surface area contributed by atoms with E-state index in [0.717, 1.165) is 18.8 Å². The van der Waals surface area contributed by atoms with Crippen LogP contribution in [0.1, 0.15) is 11.1 Å². The van der Waals surface area contributed by atoms with Crippen molar-refractivity contribution in [2.75, 3.05) is 17.7 Å². The Balaban J connectivity index is 1.74. The molecule has 3 rings (SSSR count). The van der Waals surface area contributed by atoms with E-state index in [1.165, 1.54) is 11.1 Å². The number of anilines is 2. The molecule has 0 saturated carbocycles. The summed E-state index contributed by atoms with van der Waals surface area (Å²) >= 11 is 3.28. The summed E-state index contributed by atoms with van der Waals surface area (Å²) in [6.07, 6.45) is 2.55. The van der Waals surface area contributed by atoms with Gasteiger partial charge in [-0.1, -0.05) is 12.1 Å². The minimum atomic E-state index is 0.396. The monoisotopic (exact) mass is 320 g/mol. The number of nitrogens with one attached hydrogen (secondary N) is 1. The van der Waals surface area contributed by atoms with Crippen molar-refractivity contribution in [1.82, 2.24) is 9.97 Å². The Hall–Kier alpha value is -1.82. The maximum absolute atomic E-state index is 5.77. The second-order valence-corrected chi connectivity index (χ2v) is 5.13. The molecule has 1 aromatic heterocycles. The zero-order valence-electron chi connectivity index (χ0n) is 10.2. The van der Waals surface area contributed by atoms with E-state index < -0.39 is 0 Å². The average Bonchev–Trinajstić information content (AvgIpc) is 2.87. The van der Waals surface area contributed by atoms with Crippen molar-refractivity contribution in [1.29, 1.82) is 0 Å². The van der Waals surface area contributed by atoms with Gasteiger partial charge in [0, 0.05) is 13.0 Å². The molecule has 0 bridgehead atoms. The molecule has 2 aromatic rings. The lowest BCUT2D eigenvalue weighted by molar-refractivity contribution is 0.357. The van der Waals surface area contributed by atoms with Crippen LogP contribution in [0.3, 0.4) is 0 Å². The topological polar surface area (TPSA) is 73.1 Å². The van der Waals surface area contributed by atoms with Crippen molar-refractivity contribution in [2.24, 2.45) is 0 Å². The molecule has 5 nitrogen and oxygen atoms in total. The maximum Gasteiger partial charge on any atom is 0.170 e.